The molecule has 0 aromatic heterocycles. The van der Waals surface area contributed by atoms with Crippen LogP contribution in [0.5, 0.6) is 0 Å². The van der Waals surface area contributed by atoms with E-state index in [2.05, 4.69) is 72.2 Å². The van der Waals surface area contributed by atoms with Crippen LogP contribution in [0.25, 0.3) is 0 Å². The molecular formula is C53H82O18P2. The highest BCUT2D eigenvalue weighted by atomic mass is 31.2. The molecule has 0 aliphatic heterocycles. The summed E-state index contributed by atoms with van der Waals surface area (Å²) in [6.07, 6.45) is 36.0. The number of aliphatic hydroxyl groups is 6. The Bertz CT molecular complexity index is 1950. The first-order chi connectivity index (χ1) is 34.9. The summed E-state index contributed by atoms with van der Waals surface area (Å²) in [5, 5.41) is 61.4. The summed E-state index contributed by atoms with van der Waals surface area (Å²) in [5.41, 5.74) is 0. The average Bonchev–Trinajstić information content (AvgIpc) is 3.34. The third kappa shape index (κ3) is 35.8. The predicted molar refractivity (Wildman–Crippen MR) is 280 cm³/mol. The molecule has 0 radical (unpaired) electrons. The first kappa shape index (κ1) is 67.1. The van der Waals surface area contributed by atoms with Crippen molar-refractivity contribution >= 4 is 27.6 Å². The minimum Gasteiger partial charge on any atom is -0.462 e. The quantitative estimate of drug-likeness (QED) is 0.00926. The van der Waals surface area contributed by atoms with E-state index in [9.17, 15) is 64.0 Å². The second-order valence-corrected chi connectivity index (χ2v) is 19.4. The SMILES string of the molecule is CC/C=C\C/C=C\C/C=C\C/C=C\C/C=C\CCCCCC(=O)O[C@H](COC(=O)CCC/C=C\[C@H](O)/C=C/C=C\C/C=C\C=C\[C@H](O)C/C=C\CC)COP(=O)(O)O[C@H]1C(O)C(O)C(O)[C@@H](OP(=O)(O)O)C1O. The van der Waals surface area contributed by atoms with E-state index in [1.165, 1.54) is 0 Å². The summed E-state index contributed by atoms with van der Waals surface area (Å²) in [6, 6.07) is 0. The zero-order chi connectivity index (χ0) is 54.2. The maximum atomic E-state index is 13.0. The van der Waals surface area contributed by atoms with Crippen molar-refractivity contribution in [2.75, 3.05) is 13.2 Å². The van der Waals surface area contributed by atoms with E-state index in [-0.39, 0.29) is 12.8 Å². The third-order valence-electron chi connectivity index (χ3n) is 10.4. The van der Waals surface area contributed by atoms with Gasteiger partial charge in [0.25, 0.3) is 0 Å². The Balaban J connectivity index is 2.70. The molecule has 0 aromatic rings. The summed E-state index contributed by atoms with van der Waals surface area (Å²) in [5.74, 6) is -1.44. The maximum absolute atomic E-state index is 13.0. The smallest absolute Gasteiger partial charge is 0.462 e. The van der Waals surface area contributed by atoms with E-state index >= 15 is 0 Å². The molecule has 0 saturated heterocycles. The molecule has 73 heavy (non-hydrogen) atoms. The molecule has 1 rings (SSSR count). The standard InChI is InChI=1S/C53H82O18P2/c1-3-5-7-8-9-10-11-12-13-14-15-16-17-18-19-20-24-27-33-40-47(57)69-45(42-68-73(65,66)71-53-50(60)48(58)49(59)52(51(53)61)70-72(62,63)64)41-67-46(56)39-34-28-32-38-44(55)37-31-26-23-21-22-25-30-36-43(54)35-29-6-4-2/h5-7,9-10,12-13,15-16,18-19,22-23,25-26,29-32,36-38,43-45,48-55,58-61H,3-4,8,11,14,17,20-21,24,27-28,33-35,39-42H2,1-2H3,(H,65,66)(H2,62,63,64)/b7-5-,10-9-,13-12-,16-15-,19-18-,25-22-,26-23-,29-6-,36-30+,37-31+,38-32-/t43-,44-,45-,48?,49?,50?,51?,52-,53+/m1/s1. The predicted octanol–water partition coefficient (Wildman–Crippen LogP) is 8.00. The van der Waals surface area contributed by atoms with Crippen LogP contribution in [0.4, 0.5) is 0 Å². The highest BCUT2D eigenvalue weighted by Crippen LogP contribution is 2.49. The van der Waals surface area contributed by atoms with Crippen molar-refractivity contribution in [3.05, 3.63) is 134 Å². The molecule has 1 aliphatic rings. The van der Waals surface area contributed by atoms with Gasteiger partial charge in [0.15, 0.2) is 6.10 Å². The van der Waals surface area contributed by atoms with Gasteiger partial charge in [-0.3, -0.25) is 23.2 Å². The lowest BCUT2D eigenvalue weighted by molar-refractivity contribution is -0.216. The van der Waals surface area contributed by atoms with E-state index in [1.807, 2.05) is 37.3 Å². The van der Waals surface area contributed by atoms with E-state index in [0.29, 0.717) is 38.5 Å². The summed E-state index contributed by atoms with van der Waals surface area (Å²) in [6.45, 7) is 2.61. The fourth-order valence-corrected chi connectivity index (χ4v) is 8.09. The Hall–Kier alpha value is -3.94. The van der Waals surface area contributed by atoms with Crippen molar-refractivity contribution in [3.8, 4) is 0 Å². The van der Waals surface area contributed by atoms with E-state index in [1.54, 1.807) is 42.5 Å². The van der Waals surface area contributed by atoms with Crippen LogP contribution >= 0.6 is 15.6 Å². The highest BCUT2D eigenvalue weighted by molar-refractivity contribution is 7.47. The Morgan fingerprint density at radius 3 is 1.64 bits per heavy atom. The molecule has 9 N–H and O–H groups in total. The summed E-state index contributed by atoms with van der Waals surface area (Å²) in [7, 11) is -10.8. The van der Waals surface area contributed by atoms with E-state index in [4.69, 9.17) is 18.5 Å². The van der Waals surface area contributed by atoms with Crippen LogP contribution in [-0.2, 0) is 41.8 Å². The number of esters is 2. The van der Waals surface area contributed by atoms with Gasteiger partial charge in [-0.2, -0.15) is 0 Å². The second kappa shape index (κ2) is 41.3. The summed E-state index contributed by atoms with van der Waals surface area (Å²) in [4.78, 5) is 54.4. The zero-order valence-corrected chi connectivity index (χ0v) is 44.0. The van der Waals surface area contributed by atoms with Gasteiger partial charge in [0.1, 0.15) is 43.2 Å². The van der Waals surface area contributed by atoms with Gasteiger partial charge in [0.05, 0.1) is 18.8 Å². The number of phosphoric acid groups is 2. The highest BCUT2D eigenvalue weighted by Gasteiger charge is 2.54. The number of ether oxygens (including phenoxy) is 2. The molecule has 0 spiro atoms. The number of allylic oxidation sites excluding steroid dienone is 18. The van der Waals surface area contributed by atoms with Crippen LogP contribution in [0.3, 0.4) is 0 Å². The van der Waals surface area contributed by atoms with Gasteiger partial charge in [-0.1, -0.05) is 154 Å². The molecule has 412 valence electrons. The molecule has 5 unspecified atom stereocenters. The molecule has 0 heterocycles. The van der Waals surface area contributed by atoms with Crippen LogP contribution in [0.1, 0.15) is 117 Å². The van der Waals surface area contributed by atoms with Crippen molar-refractivity contribution in [2.24, 2.45) is 0 Å². The molecule has 1 aliphatic carbocycles. The molecule has 0 bridgehead atoms. The second-order valence-electron chi connectivity index (χ2n) is 16.8. The van der Waals surface area contributed by atoms with Crippen molar-refractivity contribution in [3.63, 3.8) is 0 Å². The fourth-order valence-electron chi connectivity index (χ4n) is 6.56. The van der Waals surface area contributed by atoms with Gasteiger partial charge in [-0.15, -0.1) is 0 Å². The van der Waals surface area contributed by atoms with Crippen LogP contribution in [-0.4, -0.2) is 125 Å². The Morgan fingerprint density at radius 1 is 0.521 bits per heavy atom. The zero-order valence-electron chi connectivity index (χ0n) is 42.2. The van der Waals surface area contributed by atoms with Crippen molar-refractivity contribution in [2.45, 2.75) is 172 Å². The van der Waals surface area contributed by atoms with Gasteiger partial charge in [0, 0.05) is 12.8 Å². The molecule has 1 fully saturated rings. The molecule has 0 aromatic carbocycles. The third-order valence-corrected chi connectivity index (χ3v) is 11.9. The first-order valence-electron chi connectivity index (χ1n) is 25.0. The molecule has 20 heteroatoms. The summed E-state index contributed by atoms with van der Waals surface area (Å²) < 4.78 is 49.3. The van der Waals surface area contributed by atoms with Crippen LogP contribution in [0.2, 0.25) is 0 Å². The van der Waals surface area contributed by atoms with Crippen LogP contribution in [0, 0.1) is 0 Å². The minimum absolute atomic E-state index is 0.0475. The molecule has 18 nitrogen and oxygen atoms in total. The number of carbonyl (C=O) groups is 2. The monoisotopic (exact) mass is 1070 g/mol. The van der Waals surface area contributed by atoms with Crippen LogP contribution < -0.4 is 0 Å². The van der Waals surface area contributed by atoms with Gasteiger partial charge in [0.2, 0.25) is 0 Å². The number of hydrogen-bond acceptors (Lipinski definition) is 15. The lowest BCUT2D eigenvalue weighted by atomic mass is 9.85. The van der Waals surface area contributed by atoms with Gasteiger partial charge in [-0.25, -0.2) is 9.13 Å². The van der Waals surface area contributed by atoms with Gasteiger partial charge >= 0.3 is 27.6 Å². The molecule has 1 saturated carbocycles. The molecule has 0 amide bonds. The first-order valence-corrected chi connectivity index (χ1v) is 28.0. The molecule has 10 atom stereocenters. The number of aliphatic hydroxyl groups excluding tert-OH is 6. The maximum Gasteiger partial charge on any atom is 0.472 e. The normalized spacial score (nSPS) is 22.6. The number of phosphoric ester groups is 2. The lowest BCUT2D eigenvalue weighted by Gasteiger charge is -2.43. The van der Waals surface area contributed by atoms with E-state index in [0.717, 1.165) is 51.4 Å². The van der Waals surface area contributed by atoms with Crippen molar-refractivity contribution in [1.82, 2.24) is 0 Å². The van der Waals surface area contributed by atoms with Crippen LogP contribution in [0.15, 0.2) is 134 Å². The summed E-state index contributed by atoms with van der Waals surface area (Å²) >= 11 is 0. The fraction of sp³-hybridized carbons (Fsp3) is 0.547. The Morgan fingerprint density at radius 2 is 1.04 bits per heavy atom. The number of rotatable bonds is 39. The van der Waals surface area contributed by atoms with E-state index < -0.39 is 95.7 Å². The topological polar surface area (TPSA) is 296 Å². The molecular weight excluding hydrogens is 987 g/mol. The van der Waals surface area contributed by atoms with Gasteiger partial charge < -0.3 is 54.8 Å². The number of hydrogen-bond donors (Lipinski definition) is 9. The van der Waals surface area contributed by atoms with Gasteiger partial charge in [-0.05, 0) is 83.5 Å². The Kier molecular flexibility index (Phi) is 38.0. The average molecular weight is 1070 g/mol. The largest absolute Gasteiger partial charge is 0.472 e. The lowest BCUT2D eigenvalue weighted by Crippen LogP contribution is -2.64. The minimum atomic E-state index is -5.40. The Labute approximate surface area is 431 Å². The van der Waals surface area contributed by atoms with Crippen molar-refractivity contribution in [1.29, 1.82) is 0 Å². The van der Waals surface area contributed by atoms with Crippen molar-refractivity contribution < 1.29 is 87.1 Å². The number of unbranched alkanes of at least 4 members (excludes halogenated alkanes) is 4. The number of carbonyl (C=O) groups excluding carboxylic acids is 2.